The van der Waals surface area contributed by atoms with Gasteiger partial charge in [0, 0.05) is 32.1 Å². The van der Waals surface area contributed by atoms with E-state index >= 15 is 0 Å². The fraction of sp³-hybridized carbons (Fsp3) is 0.881. The third kappa shape index (κ3) is 29.7. The van der Waals surface area contributed by atoms with Gasteiger partial charge in [-0.1, -0.05) is 166 Å². The van der Waals surface area contributed by atoms with Crippen LogP contribution in [-0.2, 0) is 9.53 Å². The molecule has 0 aromatic heterocycles. The maximum absolute atomic E-state index is 12.3. The van der Waals surface area contributed by atoms with Crippen molar-refractivity contribution >= 4 is 5.97 Å². The van der Waals surface area contributed by atoms with Crippen molar-refractivity contribution in [2.75, 3.05) is 32.8 Å². The van der Waals surface area contributed by atoms with E-state index in [0.717, 1.165) is 45.3 Å². The second-order valence-corrected chi connectivity index (χ2v) is 14.3. The third-order valence-corrected chi connectivity index (χ3v) is 9.97. The molecular formula is C42H82N2O4. The van der Waals surface area contributed by atoms with Crippen molar-refractivity contribution in [3.63, 3.8) is 0 Å². The number of carbonyl (C=O) groups excluding carboxylic acids is 1. The first-order chi connectivity index (χ1) is 23.2. The monoisotopic (exact) mass is 679 g/mol. The summed E-state index contributed by atoms with van der Waals surface area (Å²) in [6.45, 7) is 8.23. The molecule has 1 unspecified atom stereocenters. The highest BCUT2D eigenvalue weighted by Crippen LogP contribution is 2.18. The molecule has 0 aromatic carbocycles. The second kappa shape index (κ2) is 37.1. The van der Waals surface area contributed by atoms with Crippen LogP contribution in [0, 0.1) is 0 Å². The summed E-state index contributed by atoms with van der Waals surface area (Å²) in [5.74, 6) is -0.175. The summed E-state index contributed by atoms with van der Waals surface area (Å²) in [7, 11) is 0. The summed E-state index contributed by atoms with van der Waals surface area (Å²) in [5, 5.41) is 12.8. The third-order valence-electron chi connectivity index (χ3n) is 9.97. The lowest BCUT2D eigenvalue weighted by molar-refractivity contribution is -0.137. The fourth-order valence-corrected chi connectivity index (χ4v) is 6.91. The number of rotatable bonds is 35. The van der Waals surface area contributed by atoms with Crippen LogP contribution in [-0.4, -0.2) is 60.5 Å². The van der Waals surface area contributed by atoms with Crippen LogP contribution < -0.4 is 5.32 Å². The number of ether oxygens (including phenoxy) is 1. The summed E-state index contributed by atoms with van der Waals surface area (Å²) in [4.78, 5) is 14.7. The van der Waals surface area contributed by atoms with Crippen LogP contribution in [0.15, 0.2) is 23.8 Å². The van der Waals surface area contributed by atoms with Gasteiger partial charge >= 0.3 is 5.97 Å². The molecule has 1 fully saturated rings. The van der Waals surface area contributed by atoms with Crippen molar-refractivity contribution < 1.29 is 20.1 Å². The first kappa shape index (κ1) is 46.8. The van der Waals surface area contributed by atoms with Gasteiger partial charge in [0.05, 0.1) is 19.4 Å². The van der Waals surface area contributed by atoms with Gasteiger partial charge in [0.25, 0.3) is 0 Å². The first-order valence-corrected chi connectivity index (χ1v) is 20.8. The quantitative estimate of drug-likeness (QED) is 0.0301. The van der Waals surface area contributed by atoms with Crippen molar-refractivity contribution in [2.24, 2.45) is 0 Å². The van der Waals surface area contributed by atoms with Gasteiger partial charge in [0.1, 0.15) is 0 Å². The van der Waals surface area contributed by atoms with E-state index < -0.39 is 0 Å². The Labute approximate surface area is 298 Å². The second-order valence-electron chi connectivity index (χ2n) is 14.3. The van der Waals surface area contributed by atoms with Crippen LogP contribution >= 0.6 is 0 Å². The highest BCUT2D eigenvalue weighted by Gasteiger charge is 2.22. The predicted molar refractivity (Wildman–Crippen MR) is 207 cm³/mol. The van der Waals surface area contributed by atoms with Crippen LogP contribution in [0.1, 0.15) is 200 Å². The highest BCUT2D eigenvalue weighted by molar-refractivity contribution is 5.81. The maximum Gasteiger partial charge on any atom is 0.330 e. The van der Waals surface area contributed by atoms with E-state index in [-0.39, 0.29) is 18.1 Å². The van der Waals surface area contributed by atoms with Gasteiger partial charge < -0.3 is 20.6 Å². The van der Waals surface area contributed by atoms with Crippen LogP contribution in [0.3, 0.4) is 0 Å². The molecule has 1 heterocycles. The van der Waals surface area contributed by atoms with Crippen molar-refractivity contribution in [1.82, 2.24) is 10.2 Å². The standard InChI is InChI=1S/C42H80N2O3.H2O/c1-3-5-7-9-11-12-13-14-15-16-17-18-19-25-29-33-42(46)47-39-34-40(30-26-22-10-8-6-4-2)31-27-23-20-21-24-28-32-41-43-35-36-44(41)37-38-45;/h29,31,33,41,43,45H,3-28,30,32,34-39H2,1-2H3;1H2. The average Bonchev–Trinajstić information content (AvgIpc) is 3.52. The summed E-state index contributed by atoms with van der Waals surface area (Å²) in [5.41, 5.74) is 1.49. The van der Waals surface area contributed by atoms with Crippen molar-refractivity contribution in [1.29, 1.82) is 0 Å². The normalized spacial score (nSPS) is 15.4. The largest absolute Gasteiger partial charge is 0.462 e. The number of unbranched alkanes of at least 4 members (excludes halogenated alkanes) is 23. The van der Waals surface area contributed by atoms with Gasteiger partial charge in [-0.2, -0.15) is 0 Å². The molecule has 0 aliphatic carbocycles. The molecular weight excluding hydrogens is 596 g/mol. The number of aliphatic hydroxyl groups is 1. The van der Waals surface area contributed by atoms with Crippen molar-refractivity contribution in [3.8, 4) is 0 Å². The number of esters is 1. The van der Waals surface area contributed by atoms with Crippen molar-refractivity contribution in [2.45, 2.75) is 206 Å². The number of aliphatic hydroxyl groups excluding tert-OH is 1. The van der Waals surface area contributed by atoms with Crippen LogP contribution in [0.5, 0.6) is 0 Å². The van der Waals surface area contributed by atoms with E-state index in [1.165, 1.54) is 166 Å². The molecule has 0 aromatic rings. The van der Waals surface area contributed by atoms with E-state index in [1.54, 1.807) is 6.08 Å². The number of nitrogens with one attached hydrogen (secondary N) is 1. The molecule has 1 atom stereocenters. The first-order valence-electron chi connectivity index (χ1n) is 20.8. The Bertz CT molecular complexity index is 741. The Hall–Kier alpha value is -1.21. The minimum atomic E-state index is -0.175. The minimum absolute atomic E-state index is 0. The summed E-state index contributed by atoms with van der Waals surface area (Å²) in [6.07, 6.45) is 44.0. The number of nitrogens with zero attached hydrogens (tertiary/aromatic N) is 1. The van der Waals surface area contributed by atoms with Crippen LogP contribution in [0.4, 0.5) is 0 Å². The molecule has 6 heteroatoms. The van der Waals surface area contributed by atoms with Crippen LogP contribution in [0.2, 0.25) is 0 Å². The number of carbonyl (C=O) groups is 1. The molecule has 4 N–H and O–H groups in total. The number of β-amino-alcohol motifs (C(OH)–C–C–N with tert-alkyl or cyclic N) is 1. The maximum atomic E-state index is 12.3. The zero-order chi connectivity index (χ0) is 33.9. The topological polar surface area (TPSA) is 93.3 Å². The molecule has 1 saturated heterocycles. The van der Waals surface area contributed by atoms with E-state index in [1.807, 2.05) is 6.08 Å². The molecule has 48 heavy (non-hydrogen) atoms. The lowest BCUT2D eigenvalue weighted by Crippen LogP contribution is -2.37. The number of allylic oxidation sites excluding steroid dienone is 2. The van der Waals surface area contributed by atoms with Gasteiger partial charge in [-0.05, 0) is 44.9 Å². The number of hydrogen-bond acceptors (Lipinski definition) is 5. The summed E-state index contributed by atoms with van der Waals surface area (Å²) >= 11 is 0. The van der Waals surface area contributed by atoms with Gasteiger partial charge in [-0.25, -0.2) is 4.79 Å². The fourth-order valence-electron chi connectivity index (χ4n) is 6.91. The summed E-state index contributed by atoms with van der Waals surface area (Å²) < 4.78 is 5.60. The molecule has 284 valence electrons. The minimum Gasteiger partial charge on any atom is -0.462 e. The molecule has 1 rings (SSSR count). The van der Waals surface area contributed by atoms with E-state index in [2.05, 4.69) is 30.1 Å². The molecule has 0 bridgehead atoms. The molecule has 0 amide bonds. The lowest BCUT2D eigenvalue weighted by atomic mass is 10.0. The van der Waals surface area contributed by atoms with E-state index in [4.69, 9.17) is 4.74 Å². The Balaban J connectivity index is 0.0000221. The lowest BCUT2D eigenvalue weighted by Gasteiger charge is -2.22. The predicted octanol–water partition coefficient (Wildman–Crippen LogP) is 10.8. The Morgan fingerprint density at radius 3 is 1.81 bits per heavy atom. The van der Waals surface area contributed by atoms with E-state index in [9.17, 15) is 9.90 Å². The molecule has 1 aliphatic rings. The molecule has 6 nitrogen and oxygen atoms in total. The van der Waals surface area contributed by atoms with Gasteiger partial charge in [-0.3, -0.25) is 4.90 Å². The van der Waals surface area contributed by atoms with E-state index in [0.29, 0.717) is 12.8 Å². The Morgan fingerprint density at radius 1 is 0.708 bits per heavy atom. The molecule has 0 radical (unpaired) electrons. The smallest absolute Gasteiger partial charge is 0.330 e. The Kier molecular flexibility index (Phi) is 36.1. The molecule has 0 spiro atoms. The van der Waals surface area contributed by atoms with Gasteiger partial charge in [-0.15, -0.1) is 0 Å². The zero-order valence-electron chi connectivity index (χ0n) is 32.1. The zero-order valence-corrected chi connectivity index (χ0v) is 32.1. The molecule has 0 saturated carbocycles. The summed E-state index contributed by atoms with van der Waals surface area (Å²) in [6, 6.07) is 0. The SMILES string of the molecule is CCCCCCCCCCCCCCCC=CC(=O)OCCC(=CCCCCCCCC1NCCN1CCO)CCCCCCCC.O. The Morgan fingerprint density at radius 2 is 1.23 bits per heavy atom. The average molecular weight is 679 g/mol. The van der Waals surface area contributed by atoms with Gasteiger partial charge in [0.15, 0.2) is 0 Å². The van der Waals surface area contributed by atoms with Crippen molar-refractivity contribution in [3.05, 3.63) is 23.8 Å². The van der Waals surface area contributed by atoms with Gasteiger partial charge in [0.2, 0.25) is 0 Å². The highest BCUT2D eigenvalue weighted by atomic mass is 16.5. The van der Waals surface area contributed by atoms with Crippen LogP contribution in [0.25, 0.3) is 0 Å². The number of hydrogen-bond donors (Lipinski definition) is 2. The molecule has 1 aliphatic heterocycles.